The molecule has 72 valence electrons. The largest absolute Gasteiger partial charge is 0.399 e. The van der Waals surface area contributed by atoms with Gasteiger partial charge in [-0.1, -0.05) is 0 Å². The zero-order valence-electron chi connectivity index (χ0n) is 7.46. The highest BCUT2D eigenvalue weighted by atomic mass is 19.1. The number of hydrogen-bond donors (Lipinski definition) is 2. The molecule has 13 heavy (non-hydrogen) atoms. The molecule has 1 aromatic rings. The van der Waals surface area contributed by atoms with Crippen LogP contribution in [-0.2, 0) is 4.74 Å². The summed E-state index contributed by atoms with van der Waals surface area (Å²) in [5.41, 5.74) is 12.2. The Morgan fingerprint density at radius 2 is 2.15 bits per heavy atom. The van der Waals surface area contributed by atoms with E-state index in [1.54, 1.807) is 13.2 Å². The fourth-order valence-corrected chi connectivity index (χ4v) is 1.13. The molecule has 4 N–H and O–H groups in total. The summed E-state index contributed by atoms with van der Waals surface area (Å²) in [4.78, 5) is 0. The number of anilines is 1. The molecule has 0 fully saturated rings. The smallest absolute Gasteiger partial charge is 0.125 e. The summed E-state index contributed by atoms with van der Waals surface area (Å²) in [6.07, 6.45) is 0. The second kappa shape index (κ2) is 4.20. The van der Waals surface area contributed by atoms with Crippen LogP contribution in [0, 0.1) is 5.82 Å². The van der Waals surface area contributed by atoms with Crippen LogP contribution in [0.3, 0.4) is 0 Å². The molecule has 0 unspecified atom stereocenters. The first-order chi connectivity index (χ1) is 6.13. The fraction of sp³-hybridized carbons (Fsp3) is 0.333. The monoisotopic (exact) mass is 184 g/mol. The molecule has 1 atom stereocenters. The first-order valence-electron chi connectivity index (χ1n) is 3.94. The highest BCUT2D eigenvalue weighted by Gasteiger charge is 2.07. The van der Waals surface area contributed by atoms with Crippen molar-refractivity contribution in [2.45, 2.75) is 6.04 Å². The van der Waals surface area contributed by atoms with E-state index in [9.17, 15) is 4.39 Å². The quantitative estimate of drug-likeness (QED) is 0.690. The van der Waals surface area contributed by atoms with Crippen molar-refractivity contribution in [3.8, 4) is 0 Å². The number of benzene rings is 1. The number of methoxy groups -OCH3 is 1. The summed E-state index contributed by atoms with van der Waals surface area (Å²) in [5.74, 6) is -0.374. The van der Waals surface area contributed by atoms with Gasteiger partial charge in [0, 0.05) is 12.8 Å². The Labute approximate surface area is 76.5 Å². The first-order valence-corrected chi connectivity index (χ1v) is 3.94. The molecule has 0 aromatic heterocycles. The van der Waals surface area contributed by atoms with Crippen molar-refractivity contribution in [1.29, 1.82) is 0 Å². The number of halogens is 1. The molecule has 0 aliphatic carbocycles. The van der Waals surface area contributed by atoms with Gasteiger partial charge in [-0.3, -0.25) is 0 Å². The third-order valence-electron chi connectivity index (χ3n) is 1.72. The zero-order chi connectivity index (χ0) is 9.84. The van der Waals surface area contributed by atoms with Crippen LogP contribution >= 0.6 is 0 Å². The number of ether oxygens (including phenoxy) is 1. The third kappa shape index (κ3) is 2.68. The lowest BCUT2D eigenvalue weighted by Gasteiger charge is -2.11. The molecule has 3 nitrogen and oxygen atoms in total. The molecule has 0 aliphatic rings. The third-order valence-corrected chi connectivity index (χ3v) is 1.72. The topological polar surface area (TPSA) is 61.3 Å². The Morgan fingerprint density at radius 3 is 2.69 bits per heavy atom. The van der Waals surface area contributed by atoms with Crippen LogP contribution in [0.15, 0.2) is 18.2 Å². The molecule has 0 heterocycles. The fourth-order valence-electron chi connectivity index (χ4n) is 1.13. The van der Waals surface area contributed by atoms with E-state index in [1.165, 1.54) is 12.1 Å². The van der Waals surface area contributed by atoms with Crippen LogP contribution in [0.4, 0.5) is 10.1 Å². The number of nitrogen functional groups attached to an aromatic ring is 1. The van der Waals surface area contributed by atoms with Gasteiger partial charge in [0.15, 0.2) is 0 Å². The molecule has 0 spiro atoms. The summed E-state index contributed by atoms with van der Waals surface area (Å²) in [6, 6.07) is 3.93. The van der Waals surface area contributed by atoms with Gasteiger partial charge in [-0.05, 0) is 23.8 Å². The maximum absolute atomic E-state index is 12.9. The molecule has 0 saturated carbocycles. The highest BCUT2D eigenvalue weighted by molar-refractivity contribution is 5.42. The normalized spacial score (nSPS) is 12.8. The van der Waals surface area contributed by atoms with Crippen molar-refractivity contribution in [3.63, 3.8) is 0 Å². The highest BCUT2D eigenvalue weighted by Crippen LogP contribution is 2.16. The predicted molar refractivity (Wildman–Crippen MR) is 49.6 cm³/mol. The summed E-state index contributed by atoms with van der Waals surface area (Å²) in [7, 11) is 1.54. The van der Waals surface area contributed by atoms with Crippen LogP contribution in [0.25, 0.3) is 0 Å². The number of hydrogen-bond acceptors (Lipinski definition) is 3. The molecule has 0 amide bonds. The number of nitrogens with two attached hydrogens (primary N) is 2. The van der Waals surface area contributed by atoms with E-state index in [-0.39, 0.29) is 11.9 Å². The molecular formula is C9H13FN2O. The van der Waals surface area contributed by atoms with E-state index < -0.39 is 0 Å². The molecule has 1 aromatic carbocycles. The molecule has 4 heteroatoms. The number of rotatable bonds is 3. The maximum Gasteiger partial charge on any atom is 0.125 e. The van der Waals surface area contributed by atoms with Crippen molar-refractivity contribution < 1.29 is 9.13 Å². The predicted octanol–water partition coefficient (Wildman–Crippen LogP) is 1.05. The van der Waals surface area contributed by atoms with Gasteiger partial charge >= 0.3 is 0 Å². The minimum atomic E-state index is -0.374. The van der Waals surface area contributed by atoms with E-state index >= 15 is 0 Å². The van der Waals surface area contributed by atoms with Gasteiger partial charge in [0.05, 0.1) is 12.6 Å². The molecule has 1 rings (SSSR count). The van der Waals surface area contributed by atoms with Gasteiger partial charge in [0.1, 0.15) is 5.82 Å². The van der Waals surface area contributed by atoms with Crippen LogP contribution < -0.4 is 11.5 Å². The van der Waals surface area contributed by atoms with Crippen LogP contribution in [-0.4, -0.2) is 13.7 Å². The molecule has 0 bridgehead atoms. The van der Waals surface area contributed by atoms with Crippen molar-refractivity contribution >= 4 is 5.69 Å². The zero-order valence-corrected chi connectivity index (χ0v) is 7.46. The Morgan fingerprint density at radius 1 is 1.46 bits per heavy atom. The summed E-state index contributed by atoms with van der Waals surface area (Å²) in [5, 5.41) is 0. The Bertz CT molecular complexity index is 271. The molecule has 0 saturated heterocycles. The van der Waals surface area contributed by atoms with E-state index in [2.05, 4.69) is 0 Å². The van der Waals surface area contributed by atoms with Gasteiger partial charge in [-0.15, -0.1) is 0 Å². The van der Waals surface area contributed by atoms with E-state index in [1.807, 2.05) is 0 Å². The van der Waals surface area contributed by atoms with Gasteiger partial charge in [-0.2, -0.15) is 0 Å². The summed E-state index contributed by atoms with van der Waals surface area (Å²) >= 11 is 0. The average Bonchev–Trinajstić information content (AvgIpc) is 2.03. The standard InChI is InChI=1S/C9H13FN2O/c1-13-5-9(12)6-2-7(10)4-8(11)3-6/h2-4,9H,5,11-12H2,1H3/t9-/m1/s1. The van der Waals surface area contributed by atoms with Gasteiger partial charge in [0.25, 0.3) is 0 Å². The lowest BCUT2D eigenvalue weighted by molar-refractivity contribution is 0.181. The molecule has 0 radical (unpaired) electrons. The van der Waals surface area contributed by atoms with Gasteiger partial charge in [0.2, 0.25) is 0 Å². The van der Waals surface area contributed by atoms with Crippen molar-refractivity contribution in [2.24, 2.45) is 5.73 Å². The summed E-state index contributed by atoms with van der Waals surface area (Å²) < 4.78 is 17.7. The SMILES string of the molecule is COC[C@@H](N)c1cc(N)cc(F)c1. The minimum Gasteiger partial charge on any atom is -0.399 e. The molecular weight excluding hydrogens is 171 g/mol. The van der Waals surface area contributed by atoms with Crippen LogP contribution in [0.2, 0.25) is 0 Å². The lowest BCUT2D eigenvalue weighted by Crippen LogP contribution is -2.16. The second-order valence-electron chi connectivity index (χ2n) is 2.88. The lowest BCUT2D eigenvalue weighted by atomic mass is 10.1. The Kier molecular flexibility index (Phi) is 3.22. The van der Waals surface area contributed by atoms with E-state index in [0.717, 1.165) is 0 Å². The van der Waals surface area contributed by atoms with Crippen LogP contribution in [0.1, 0.15) is 11.6 Å². The Balaban J connectivity index is 2.87. The summed E-state index contributed by atoms with van der Waals surface area (Å²) in [6.45, 7) is 0.350. The van der Waals surface area contributed by atoms with Crippen LogP contribution in [0.5, 0.6) is 0 Å². The molecule has 0 aliphatic heterocycles. The van der Waals surface area contributed by atoms with E-state index in [0.29, 0.717) is 17.9 Å². The Hall–Kier alpha value is -1.13. The van der Waals surface area contributed by atoms with E-state index in [4.69, 9.17) is 16.2 Å². The van der Waals surface area contributed by atoms with Crippen molar-refractivity contribution in [2.75, 3.05) is 19.5 Å². The van der Waals surface area contributed by atoms with Crippen molar-refractivity contribution in [1.82, 2.24) is 0 Å². The van der Waals surface area contributed by atoms with Gasteiger partial charge < -0.3 is 16.2 Å². The second-order valence-corrected chi connectivity index (χ2v) is 2.88. The minimum absolute atomic E-state index is 0.331. The van der Waals surface area contributed by atoms with Gasteiger partial charge in [-0.25, -0.2) is 4.39 Å². The average molecular weight is 184 g/mol. The maximum atomic E-state index is 12.9. The first kappa shape index (κ1) is 9.95. The van der Waals surface area contributed by atoms with Crippen molar-refractivity contribution in [3.05, 3.63) is 29.6 Å².